The molecule has 0 aliphatic carbocycles. The number of rotatable bonds is 6. The van der Waals surface area contributed by atoms with E-state index in [0.29, 0.717) is 15.7 Å². The molecule has 0 atom stereocenters. The Morgan fingerprint density at radius 3 is 2.48 bits per heavy atom. The molecule has 1 N–H and O–H groups in total. The summed E-state index contributed by atoms with van der Waals surface area (Å²) in [6, 6.07) is 4.84. The van der Waals surface area contributed by atoms with Gasteiger partial charge in [0.05, 0.1) is 11.5 Å². The van der Waals surface area contributed by atoms with Gasteiger partial charge in [0.2, 0.25) is 5.78 Å². The number of H-pyrrole nitrogens is 1. The number of hydrogen-bond donors (Lipinski definition) is 1. The highest BCUT2D eigenvalue weighted by Gasteiger charge is 2.24. The van der Waals surface area contributed by atoms with Crippen molar-refractivity contribution in [3.63, 3.8) is 0 Å². The summed E-state index contributed by atoms with van der Waals surface area (Å²) in [5.41, 5.74) is 0.683. The number of aromatic amines is 1. The van der Waals surface area contributed by atoms with Crippen molar-refractivity contribution in [2.75, 3.05) is 5.75 Å². The predicted octanol–water partition coefficient (Wildman–Crippen LogP) is 2.59. The van der Waals surface area contributed by atoms with Gasteiger partial charge < -0.3 is 0 Å². The minimum absolute atomic E-state index is 0.00415. The van der Waals surface area contributed by atoms with Crippen molar-refractivity contribution >= 4 is 31.6 Å². The fourth-order valence-corrected chi connectivity index (χ4v) is 5.05. The predicted molar refractivity (Wildman–Crippen MR) is 101 cm³/mol. The first kappa shape index (κ1) is 19.7. The van der Waals surface area contributed by atoms with Gasteiger partial charge in [0.15, 0.2) is 9.84 Å². The van der Waals surface area contributed by atoms with Gasteiger partial charge >= 0.3 is 0 Å². The number of hydrogen-bond acceptors (Lipinski definition) is 4. The van der Waals surface area contributed by atoms with Crippen LogP contribution < -0.4 is 5.56 Å². The van der Waals surface area contributed by atoms with Crippen molar-refractivity contribution in [1.29, 1.82) is 0 Å². The van der Waals surface area contributed by atoms with Crippen LogP contribution in [0.25, 0.3) is 0 Å². The van der Waals surface area contributed by atoms with E-state index < -0.39 is 21.2 Å². The Kier molecular flexibility index (Phi) is 5.73. The molecule has 2 rings (SSSR count). The van der Waals surface area contributed by atoms with Gasteiger partial charge in [0.25, 0.3) is 5.56 Å². The maximum absolute atomic E-state index is 12.9. The highest BCUT2D eigenvalue weighted by atomic mass is 79.9. The summed E-state index contributed by atoms with van der Waals surface area (Å²) in [6.45, 7) is 5.30. The molecule has 1 heterocycles. The Balaban J connectivity index is 2.52. The van der Waals surface area contributed by atoms with Crippen LogP contribution in [0.1, 0.15) is 41.0 Å². The molecule has 0 aliphatic rings. The van der Waals surface area contributed by atoms with Gasteiger partial charge in [-0.05, 0) is 36.6 Å². The van der Waals surface area contributed by atoms with Crippen LogP contribution >= 0.6 is 15.9 Å². The normalized spacial score (nSPS) is 11.9. The van der Waals surface area contributed by atoms with Crippen LogP contribution in [0.15, 0.2) is 27.5 Å². The summed E-state index contributed by atoms with van der Waals surface area (Å²) in [4.78, 5) is 25.1. The van der Waals surface area contributed by atoms with Gasteiger partial charge in [-0.25, -0.2) is 8.42 Å². The van der Waals surface area contributed by atoms with Crippen molar-refractivity contribution in [2.24, 2.45) is 13.0 Å². The standard InChI is InChI=1S/C17H21BrN2O4S/c1-10(2)8-25(23,24)9-12-7-13(18)5-6-14(12)16(21)15-11(3)19-20(4)17(15)22/h5-7,10,19H,8-9H2,1-4H3. The average Bonchev–Trinajstić information content (AvgIpc) is 2.69. The Labute approximate surface area is 155 Å². The topological polar surface area (TPSA) is 89.0 Å². The zero-order valence-electron chi connectivity index (χ0n) is 14.6. The Morgan fingerprint density at radius 1 is 1.32 bits per heavy atom. The fraction of sp³-hybridized carbons (Fsp3) is 0.412. The number of nitrogens with zero attached hydrogens (tertiary/aromatic N) is 1. The van der Waals surface area contributed by atoms with E-state index in [9.17, 15) is 18.0 Å². The van der Waals surface area contributed by atoms with E-state index in [-0.39, 0.29) is 28.6 Å². The molecule has 8 heteroatoms. The molecule has 0 amide bonds. The van der Waals surface area contributed by atoms with E-state index in [1.54, 1.807) is 25.1 Å². The monoisotopic (exact) mass is 428 g/mol. The number of sulfone groups is 1. The van der Waals surface area contributed by atoms with Crippen LogP contribution in [0, 0.1) is 12.8 Å². The van der Waals surface area contributed by atoms with Crippen LogP contribution in [0.2, 0.25) is 0 Å². The van der Waals surface area contributed by atoms with Crippen molar-refractivity contribution in [3.05, 3.63) is 55.4 Å². The number of halogens is 1. The number of carbonyl (C=O) groups is 1. The number of benzene rings is 1. The first-order chi connectivity index (χ1) is 11.5. The molecule has 0 bridgehead atoms. The molecule has 0 saturated carbocycles. The van der Waals surface area contributed by atoms with Crippen LogP contribution in [0.5, 0.6) is 0 Å². The maximum Gasteiger partial charge on any atom is 0.277 e. The highest BCUT2D eigenvalue weighted by molar-refractivity contribution is 9.10. The minimum atomic E-state index is -3.37. The van der Waals surface area contributed by atoms with Gasteiger partial charge in [-0.3, -0.25) is 19.4 Å². The third-order valence-corrected chi connectivity index (χ3v) is 6.15. The third kappa shape index (κ3) is 4.49. The summed E-state index contributed by atoms with van der Waals surface area (Å²) < 4.78 is 26.7. The summed E-state index contributed by atoms with van der Waals surface area (Å²) in [7, 11) is -1.84. The zero-order chi connectivity index (χ0) is 18.9. The molecule has 1 aromatic heterocycles. The number of ketones is 1. The molecular formula is C17H21BrN2O4S. The fourth-order valence-electron chi connectivity index (χ4n) is 2.80. The molecule has 0 aliphatic heterocycles. The Bertz CT molecular complexity index is 971. The van der Waals surface area contributed by atoms with Crippen molar-refractivity contribution in [3.8, 4) is 0 Å². The second-order valence-electron chi connectivity index (χ2n) is 6.55. The van der Waals surface area contributed by atoms with Gasteiger partial charge in [-0.1, -0.05) is 29.8 Å². The maximum atomic E-state index is 12.9. The molecule has 0 fully saturated rings. The van der Waals surface area contributed by atoms with Gasteiger partial charge in [-0.2, -0.15) is 0 Å². The van der Waals surface area contributed by atoms with Gasteiger partial charge in [0.1, 0.15) is 5.56 Å². The smallest absolute Gasteiger partial charge is 0.277 e. The number of nitrogens with one attached hydrogen (secondary N) is 1. The molecule has 2 aromatic rings. The second-order valence-corrected chi connectivity index (χ2v) is 9.58. The largest absolute Gasteiger partial charge is 0.299 e. The molecule has 6 nitrogen and oxygen atoms in total. The lowest BCUT2D eigenvalue weighted by Gasteiger charge is -2.11. The molecule has 25 heavy (non-hydrogen) atoms. The van der Waals surface area contributed by atoms with Crippen molar-refractivity contribution < 1.29 is 13.2 Å². The van der Waals surface area contributed by atoms with Crippen molar-refractivity contribution in [1.82, 2.24) is 9.78 Å². The van der Waals surface area contributed by atoms with Crippen LogP contribution in [0.4, 0.5) is 0 Å². The van der Waals surface area contributed by atoms with E-state index in [2.05, 4.69) is 21.0 Å². The number of aromatic nitrogens is 2. The number of aryl methyl sites for hydroxylation is 2. The Morgan fingerprint density at radius 2 is 1.96 bits per heavy atom. The average molecular weight is 429 g/mol. The molecule has 1 aromatic carbocycles. The van der Waals surface area contributed by atoms with Crippen LogP contribution in [-0.2, 0) is 22.6 Å². The third-order valence-electron chi connectivity index (χ3n) is 3.73. The summed E-state index contributed by atoms with van der Waals surface area (Å²) in [6.07, 6.45) is 0. The van der Waals surface area contributed by atoms with Gasteiger partial charge in [0, 0.05) is 22.8 Å². The molecule has 0 spiro atoms. The molecule has 136 valence electrons. The number of carbonyl (C=O) groups excluding carboxylic acids is 1. The van der Waals surface area contributed by atoms with Crippen molar-refractivity contribution in [2.45, 2.75) is 26.5 Å². The SMILES string of the molecule is Cc1[nH]n(C)c(=O)c1C(=O)c1ccc(Br)cc1CS(=O)(=O)CC(C)C. The lowest BCUT2D eigenvalue weighted by atomic mass is 9.99. The molecule has 0 saturated heterocycles. The van der Waals surface area contributed by atoms with E-state index in [1.165, 1.54) is 11.7 Å². The quantitative estimate of drug-likeness (QED) is 0.715. The van der Waals surface area contributed by atoms with E-state index in [1.807, 2.05) is 13.8 Å². The minimum Gasteiger partial charge on any atom is -0.299 e. The molecule has 0 radical (unpaired) electrons. The first-order valence-electron chi connectivity index (χ1n) is 7.81. The lowest BCUT2D eigenvalue weighted by molar-refractivity contribution is 0.103. The summed E-state index contributed by atoms with van der Waals surface area (Å²) >= 11 is 3.31. The van der Waals surface area contributed by atoms with Gasteiger partial charge in [-0.15, -0.1) is 0 Å². The second kappa shape index (κ2) is 7.29. The van der Waals surface area contributed by atoms with E-state index in [4.69, 9.17) is 0 Å². The Hall–Kier alpha value is -1.67. The zero-order valence-corrected chi connectivity index (χ0v) is 17.0. The van der Waals surface area contributed by atoms with E-state index >= 15 is 0 Å². The van der Waals surface area contributed by atoms with Crippen LogP contribution in [0.3, 0.4) is 0 Å². The first-order valence-corrected chi connectivity index (χ1v) is 10.4. The van der Waals surface area contributed by atoms with E-state index in [0.717, 1.165) is 0 Å². The molecular weight excluding hydrogens is 408 g/mol. The van der Waals surface area contributed by atoms with Crippen LogP contribution in [-0.4, -0.2) is 29.7 Å². The summed E-state index contributed by atoms with van der Waals surface area (Å²) in [5.74, 6) is -0.676. The highest BCUT2D eigenvalue weighted by Crippen LogP contribution is 2.22. The molecule has 0 unspecified atom stereocenters. The summed E-state index contributed by atoms with van der Waals surface area (Å²) in [5, 5.41) is 2.79. The lowest BCUT2D eigenvalue weighted by Crippen LogP contribution is -2.21.